The molecule has 4 nitrogen and oxygen atoms in total. The second-order valence-electron chi connectivity index (χ2n) is 5.58. The molecule has 0 saturated carbocycles. The van der Waals surface area contributed by atoms with E-state index in [0.29, 0.717) is 12.6 Å². The van der Waals surface area contributed by atoms with Crippen LogP contribution in [0.2, 0.25) is 0 Å². The average molecular weight is 277 g/mol. The molecule has 4 heteroatoms. The molecule has 0 bridgehead atoms. The van der Waals surface area contributed by atoms with E-state index in [4.69, 9.17) is 4.74 Å². The molecule has 112 valence electrons. The molecule has 1 atom stereocenters. The van der Waals surface area contributed by atoms with Crippen LogP contribution in [0.25, 0.3) is 0 Å². The lowest BCUT2D eigenvalue weighted by Gasteiger charge is -2.32. The van der Waals surface area contributed by atoms with Gasteiger partial charge in [-0.3, -0.25) is 4.98 Å². The van der Waals surface area contributed by atoms with Gasteiger partial charge in [-0.05, 0) is 44.6 Å². The third kappa shape index (κ3) is 4.85. The smallest absolute Gasteiger partial charge is 0.0888 e. The molecule has 1 aliphatic rings. The van der Waals surface area contributed by atoms with Crippen molar-refractivity contribution < 1.29 is 4.74 Å². The first kappa shape index (κ1) is 15.4. The van der Waals surface area contributed by atoms with Gasteiger partial charge < -0.3 is 15.0 Å². The molecule has 20 heavy (non-hydrogen) atoms. The monoisotopic (exact) mass is 277 g/mol. The highest BCUT2D eigenvalue weighted by Gasteiger charge is 2.18. The molecular weight excluding hydrogens is 250 g/mol. The number of ether oxygens (including phenoxy) is 1. The van der Waals surface area contributed by atoms with Crippen molar-refractivity contribution in [3.05, 3.63) is 29.6 Å². The predicted molar refractivity (Wildman–Crippen MR) is 81.5 cm³/mol. The molecule has 2 heterocycles. The Hall–Kier alpha value is -0.970. The molecule has 2 rings (SSSR count). The number of likely N-dealkylation sites (N-methyl/N-ethyl adjacent to an activating group) is 1. The minimum absolute atomic E-state index is 0.580. The number of pyridine rings is 1. The minimum atomic E-state index is 0.580. The Morgan fingerprint density at radius 1 is 1.40 bits per heavy atom. The van der Waals surface area contributed by atoms with Crippen LogP contribution in [0.5, 0.6) is 0 Å². The van der Waals surface area contributed by atoms with Crippen molar-refractivity contribution in [3.63, 3.8) is 0 Å². The van der Waals surface area contributed by atoms with E-state index in [-0.39, 0.29) is 0 Å². The van der Waals surface area contributed by atoms with Crippen molar-refractivity contribution in [2.24, 2.45) is 0 Å². The molecule has 1 N–H and O–H groups in total. The van der Waals surface area contributed by atoms with Crippen LogP contribution >= 0.6 is 0 Å². The van der Waals surface area contributed by atoms with Crippen molar-refractivity contribution in [1.29, 1.82) is 0 Å². The molecule has 1 saturated heterocycles. The lowest BCUT2D eigenvalue weighted by atomic mass is 10.0. The van der Waals surface area contributed by atoms with Crippen LogP contribution in [0.4, 0.5) is 0 Å². The third-order valence-corrected chi connectivity index (χ3v) is 3.95. The first-order valence-corrected chi connectivity index (χ1v) is 7.72. The van der Waals surface area contributed by atoms with Gasteiger partial charge in [0.05, 0.1) is 18.9 Å². The van der Waals surface area contributed by atoms with Crippen LogP contribution in [0, 0.1) is 0 Å². The fraction of sp³-hybridized carbons (Fsp3) is 0.688. The van der Waals surface area contributed by atoms with E-state index in [1.54, 1.807) is 0 Å². The molecule has 1 aliphatic heterocycles. The fourth-order valence-corrected chi connectivity index (χ4v) is 2.57. The van der Waals surface area contributed by atoms with E-state index in [1.807, 2.05) is 6.20 Å². The SMILES string of the molecule is CCNCc1ccc(COCC2CCCCN2C)nc1. The number of hydrogen-bond acceptors (Lipinski definition) is 4. The van der Waals surface area contributed by atoms with Gasteiger partial charge in [0, 0.05) is 18.8 Å². The lowest BCUT2D eigenvalue weighted by molar-refractivity contribution is 0.0431. The summed E-state index contributed by atoms with van der Waals surface area (Å²) in [6.45, 7) is 6.61. The highest BCUT2D eigenvalue weighted by atomic mass is 16.5. The highest BCUT2D eigenvalue weighted by Crippen LogP contribution is 2.15. The van der Waals surface area contributed by atoms with Crippen molar-refractivity contribution >= 4 is 0 Å². The zero-order valence-corrected chi connectivity index (χ0v) is 12.8. The maximum Gasteiger partial charge on any atom is 0.0888 e. The second kappa shape index (κ2) is 8.35. The number of hydrogen-bond donors (Lipinski definition) is 1. The van der Waals surface area contributed by atoms with Crippen molar-refractivity contribution in [2.75, 3.05) is 26.7 Å². The van der Waals surface area contributed by atoms with Gasteiger partial charge in [0.25, 0.3) is 0 Å². The minimum Gasteiger partial charge on any atom is -0.374 e. The summed E-state index contributed by atoms with van der Waals surface area (Å²) in [6.07, 6.45) is 5.84. The molecule has 0 radical (unpaired) electrons. The van der Waals surface area contributed by atoms with Gasteiger partial charge in [-0.2, -0.15) is 0 Å². The molecule has 1 unspecified atom stereocenters. The summed E-state index contributed by atoms with van der Waals surface area (Å²) in [4.78, 5) is 6.87. The van der Waals surface area contributed by atoms with Crippen LogP contribution in [0.1, 0.15) is 37.4 Å². The summed E-state index contributed by atoms with van der Waals surface area (Å²) in [5.41, 5.74) is 2.24. The van der Waals surface area contributed by atoms with Crippen LogP contribution in [-0.2, 0) is 17.9 Å². The standard InChI is InChI=1S/C16H27N3O/c1-3-17-10-14-7-8-15(18-11-14)12-20-13-16-6-4-5-9-19(16)2/h7-8,11,16-17H,3-6,9-10,12-13H2,1-2H3. The lowest BCUT2D eigenvalue weighted by Crippen LogP contribution is -2.39. The van der Waals surface area contributed by atoms with E-state index >= 15 is 0 Å². The zero-order chi connectivity index (χ0) is 14.2. The molecule has 0 aromatic carbocycles. The summed E-state index contributed by atoms with van der Waals surface area (Å²) in [5.74, 6) is 0. The molecule has 1 fully saturated rings. The maximum absolute atomic E-state index is 5.83. The summed E-state index contributed by atoms with van der Waals surface area (Å²) in [7, 11) is 2.20. The quantitative estimate of drug-likeness (QED) is 0.829. The summed E-state index contributed by atoms with van der Waals surface area (Å²) < 4.78 is 5.83. The van der Waals surface area contributed by atoms with E-state index in [0.717, 1.165) is 25.4 Å². The first-order chi connectivity index (χ1) is 9.79. The predicted octanol–water partition coefficient (Wildman–Crippen LogP) is 2.19. The Labute approximate surface area is 122 Å². The topological polar surface area (TPSA) is 37.4 Å². The summed E-state index contributed by atoms with van der Waals surface area (Å²) in [5, 5.41) is 3.30. The molecule has 1 aromatic heterocycles. The number of rotatable bonds is 7. The van der Waals surface area contributed by atoms with Gasteiger partial charge in [0.2, 0.25) is 0 Å². The zero-order valence-electron chi connectivity index (χ0n) is 12.8. The Kier molecular flexibility index (Phi) is 6.43. The number of nitrogens with one attached hydrogen (secondary N) is 1. The maximum atomic E-state index is 5.83. The molecule has 0 amide bonds. The first-order valence-electron chi connectivity index (χ1n) is 7.72. The Morgan fingerprint density at radius 3 is 3.00 bits per heavy atom. The van der Waals surface area contributed by atoms with Gasteiger partial charge in [-0.15, -0.1) is 0 Å². The Bertz CT molecular complexity index is 380. The number of nitrogens with zero attached hydrogens (tertiary/aromatic N) is 2. The van der Waals surface area contributed by atoms with Gasteiger partial charge in [0.15, 0.2) is 0 Å². The van der Waals surface area contributed by atoms with Gasteiger partial charge in [-0.25, -0.2) is 0 Å². The van der Waals surface area contributed by atoms with Gasteiger partial charge in [0.1, 0.15) is 0 Å². The van der Waals surface area contributed by atoms with Crippen molar-refractivity contribution in [3.8, 4) is 0 Å². The number of piperidine rings is 1. The number of aromatic nitrogens is 1. The summed E-state index contributed by atoms with van der Waals surface area (Å²) >= 11 is 0. The summed E-state index contributed by atoms with van der Waals surface area (Å²) in [6, 6.07) is 4.77. The van der Waals surface area contributed by atoms with Gasteiger partial charge in [-0.1, -0.05) is 19.4 Å². The van der Waals surface area contributed by atoms with Crippen LogP contribution in [-0.4, -0.2) is 42.7 Å². The fourth-order valence-electron chi connectivity index (χ4n) is 2.57. The second-order valence-corrected chi connectivity index (χ2v) is 5.58. The Morgan fingerprint density at radius 2 is 2.30 bits per heavy atom. The average Bonchev–Trinajstić information content (AvgIpc) is 2.48. The van der Waals surface area contributed by atoms with Crippen molar-refractivity contribution in [1.82, 2.24) is 15.2 Å². The van der Waals surface area contributed by atoms with Crippen LogP contribution in [0.15, 0.2) is 18.3 Å². The van der Waals surface area contributed by atoms with Crippen LogP contribution < -0.4 is 5.32 Å². The van der Waals surface area contributed by atoms with E-state index in [2.05, 4.69) is 41.3 Å². The van der Waals surface area contributed by atoms with Gasteiger partial charge >= 0.3 is 0 Å². The number of likely N-dealkylation sites (tertiary alicyclic amines) is 1. The Balaban J connectivity index is 1.70. The molecule has 0 spiro atoms. The molecular formula is C16H27N3O. The molecule has 1 aromatic rings. The molecule has 0 aliphatic carbocycles. The van der Waals surface area contributed by atoms with E-state index in [1.165, 1.54) is 31.4 Å². The third-order valence-electron chi connectivity index (χ3n) is 3.95. The van der Waals surface area contributed by atoms with Crippen LogP contribution in [0.3, 0.4) is 0 Å². The normalized spacial score (nSPS) is 20.2. The highest BCUT2D eigenvalue weighted by molar-refractivity contribution is 5.13. The van der Waals surface area contributed by atoms with Crippen molar-refractivity contribution in [2.45, 2.75) is 45.4 Å². The largest absolute Gasteiger partial charge is 0.374 e. The van der Waals surface area contributed by atoms with E-state index < -0.39 is 0 Å². The van der Waals surface area contributed by atoms with E-state index in [9.17, 15) is 0 Å².